The Hall–Kier alpha value is -0.740. The van der Waals surface area contributed by atoms with Crippen molar-refractivity contribution in [2.24, 2.45) is 0 Å². The van der Waals surface area contributed by atoms with Crippen molar-refractivity contribution in [3.63, 3.8) is 0 Å². The molecule has 0 aromatic heterocycles. The highest BCUT2D eigenvalue weighted by Gasteiger charge is 2.22. The Kier molecular flexibility index (Phi) is 7.53. The van der Waals surface area contributed by atoms with Crippen LogP contribution in [-0.4, -0.2) is 37.7 Å². The molecule has 5 heteroatoms. The summed E-state index contributed by atoms with van der Waals surface area (Å²) in [5.74, 6) is 1.07. The maximum atomic E-state index is 5.59. The second-order valence-corrected chi connectivity index (χ2v) is 5.29. The lowest BCUT2D eigenvalue weighted by molar-refractivity contribution is 0.174. The number of benzene rings is 1. The first kappa shape index (κ1) is 18.3. The van der Waals surface area contributed by atoms with Gasteiger partial charge in [-0.2, -0.15) is 0 Å². The van der Waals surface area contributed by atoms with Crippen LogP contribution >= 0.6 is 24.8 Å². The topological polar surface area (TPSA) is 24.5 Å². The number of nitrogens with one attached hydrogen (secondary N) is 1. The van der Waals surface area contributed by atoms with Crippen molar-refractivity contribution in [3.05, 3.63) is 42.0 Å². The third-order valence-corrected chi connectivity index (χ3v) is 4.08. The van der Waals surface area contributed by atoms with Gasteiger partial charge in [0.1, 0.15) is 5.75 Å². The van der Waals surface area contributed by atoms with E-state index >= 15 is 0 Å². The summed E-state index contributed by atoms with van der Waals surface area (Å²) in [6.45, 7) is 9.16. The average Bonchev–Trinajstić information content (AvgIpc) is 2.93. The lowest BCUT2D eigenvalue weighted by Crippen LogP contribution is -2.45. The average molecular weight is 331 g/mol. The van der Waals surface area contributed by atoms with Crippen LogP contribution in [0.5, 0.6) is 5.75 Å². The number of hydrogen-bond donors (Lipinski definition) is 1. The molecule has 0 radical (unpaired) electrons. The molecule has 3 rings (SSSR count). The molecule has 0 amide bonds. The Balaban J connectivity index is 0.00000110. The fraction of sp³-hybridized carbons (Fsp3) is 0.500. The molecule has 3 nitrogen and oxygen atoms in total. The van der Waals surface area contributed by atoms with Gasteiger partial charge < -0.3 is 10.1 Å². The van der Waals surface area contributed by atoms with Gasteiger partial charge in [0.15, 0.2) is 0 Å². The zero-order chi connectivity index (χ0) is 13.1. The van der Waals surface area contributed by atoms with Crippen LogP contribution in [-0.2, 0) is 6.42 Å². The van der Waals surface area contributed by atoms with Crippen LogP contribution in [0.3, 0.4) is 0 Å². The highest BCUT2D eigenvalue weighted by atomic mass is 35.5. The van der Waals surface area contributed by atoms with Crippen molar-refractivity contribution in [1.82, 2.24) is 10.2 Å². The molecule has 1 fully saturated rings. The van der Waals surface area contributed by atoms with Gasteiger partial charge in [0.05, 0.1) is 6.61 Å². The van der Waals surface area contributed by atoms with E-state index in [4.69, 9.17) is 4.74 Å². The predicted molar refractivity (Wildman–Crippen MR) is 92.1 cm³/mol. The predicted octanol–water partition coefficient (Wildman–Crippen LogP) is 2.99. The van der Waals surface area contributed by atoms with Gasteiger partial charge in [0.25, 0.3) is 0 Å². The summed E-state index contributed by atoms with van der Waals surface area (Å²) in [6.07, 6.45) is 4.10. The van der Waals surface area contributed by atoms with Crippen LogP contribution in [0.1, 0.15) is 23.6 Å². The molecule has 1 N–H and O–H groups in total. The third-order valence-electron chi connectivity index (χ3n) is 4.08. The van der Waals surface area contributed by atoms with Crippen LogP contribution in [0.15, 0.2) is 30.9 Å². The van der Waals surface area contributed by atoms with Crippen molar-refractivity contribution in [1.29, 1.82) is 0 Å². The molecule has 0 spiro atoms. The molecule has 1 aromatic carbocycles. The maximum Gasteiger partial charge on any atom is 0.122 e. The quantitative estimate of drug-likeness (QED) is 0.859. The van der Waals surface area contributed by atoms with Gasteiger partial charge in [-0.15, -0.1) is 31.4 Å². The largest absolute Gasteiger partial charge is 0.493 e. The van der Waals surface area contributed by atoms with Crippen LogP contribution in [0, 0.1) is 0 Å². The van der Waals surface area contributed by atoms with E-state index in [0.717, 1.165) is 51.4 Å². The van der Waals surface area contributed by atoms with E-state index in [1.165, 1.54) is 11.1 Å². The first-order valence-electron chi connectivity index (χ1n) is 7.20. The second-order valence-electron chi connectivity index (χ2n) is 5.29. The molecule has 118 valence electrons. The molecule has 0 aliphatic carbocycles. The summed E-state index contributed by atoms with van der Waals surface area (Å²) < 4.78 is 5.59. The van der Waals surface area contributed by atoms with E-state index in [9.17, 15) is 0 Å². The monoisotopic (exact) mass is 330 g/mol. The number of hydrogen-bond acceptors (Lipinski definition) is 3. The molecule has 2 aliphatic rings. The Labute approximate surface area is 139 Å². The standard InChI is InChI=1S/C16H22N2O.2ClH/c1-2-3-15(18-9-7-17-8-10-18)13-4-5-16-14(12-13)6-11-19-16;;/h2,4-5,12,15,17H,1,3,6-11H2;2*1H/t15-;;/m1../s1. The summed E-state index contributed by atoms with van der Waals surface area (Å²) in [4.78, 5) is 2.57. The normalized spacial score (nSPS) is 18.7. The summed E-state index contributed by atoms with van der Waals surface area (Å²) in [5, 5.41) is 3.42. The van der Waals surface area contributed by atoms with E-state index in [0.29, 0.717) is 6.04 Å². The van der Waals surface area contributed by atoms with E-state index in [2.05, 4.69) is 35.0 Å². The number of ether oxygens (including phenoxy) is 1. The third kappa shape index (κ3) is 4.13. The minimum atomic E-state index is 0. The van der Waals surface area contributed by atoms with Crippen molar-refractivity contribution >= 4 is 24.8 Å². The number of halogens is 2. The van der Waals surface area contributed by atoms with E-state index in [1.807, 2.05) is 6.08 Å². The summed E-state index contributed by atoms with van der Waals surface area (Å²) in [7, 11) is 0. The summed E-state index contributed by atoms with van der Waals surface area (Å²) in [5.41, 5.74) is 2.77. The minimum Gasteiger partial charge on any atom is -0.493 e. The molecule has 1 aromatic rings. The Morgan fingerprint density at radius 1 is 1.29 bits per heavy atom. The molecule has 0 saturated carbocycles. The lowest BCUT2D eigenvalue weighted by Gasteiger charge is -2.35. The molecule has 21 heavy (non-hydrogen) atoms. The Morgan fingerprint density at radius 3 is 2.76 bits per heavy atom. The summed E-state index contributed by atoms with van der Waals surface area (Å²) >= 11 is 0. The molecule has 2 heterocycles. The molecular weight excluding hydrogens is 307 g/mol. The van der Waals surface area contributed by atoms with Gasteiger partial charge in [-0.3, -0.25) is 4.90 Å². The van der Waals surface area contributed by atoms with Crippen molar-refractivity contribution in [2.75, 3.05) is 32.8 Å². The van der Waals surface area contributed by atoms with Crippen molar-refractivity contribution in [3.8, 4) is 5.75 Å². The number of fused-ring (bicyclic) bond motifs is 1. The molecule has 1 saturated heterocycles. The molecule has 1 atom stereocenters. The Bertz CT molecular complexity index is 462. The van der Waals surface area contributed by atoms with Gasteiger partial charge in [0.2, 0.25) is 0 Å². The van der Waals surface area contributed by atoms with Gasteiger partial charge in [-0.25, -0.2) is 0 Å². The van der Waals surface area contributed by atoms with Gasteiger partial charge in [-0.05, 0) is 23.6 Å². The number of nitrogens with zero attached hydrogens (tertiary/aromatic N) is 1. The van der Waals surface area contributed by atoms with Gasteiger partial charge in [-0.1, -0.05) is 18.2 Å². The number of rotatable bonds is 4. The second kappa shape index (κ2) is 8.64. The summed E-state index contributed by atoms with van der Waals surface area (Å²) in [6, 6.07) is 7.15. The van der Waals surface area contributed by atoms with Gasteiger partial charge >= 0.3 is 0 Å². The van der Waals surface area contributed by atoms with Crippen LogP contribution in [0.2, 0.25) is 0 Å². The minimum absolute atomic E-state index is 0. The number of piperazine rings is 1. The SMILES string of the molecule is C=CC[C@H](c1ccc2c(c1)CCO2)N1CCNCC1.Cl.Cl. The lowest BCUT2D eigenvalue weighted by atomic mass is 9.98. The highest BCUT2D eigenvalue weighted by Crippen LogP contribution is 2.32. The zero-order valence-electron chi connectivity index (χ0n) is 12.2. The fourth-order valence-corrected chi connectivity index (χ4v) is 3.06. The van der Waals surface area contributed by atoms with E-state index < -0.39 is 0 Å². The van der Waals surface area contributed by atoms with Crippen LogP contribution in [0.25, 0.3) is 0 Å². The van der Waals surface area contributed by atoms with E-state index in [-0.39, 0.29) is 24.8 Å². The molecular formula is C16H24Cl2N2O. The first-order valence-corrected chi connectivity index (χ1v) is 7.20. The molecule has 0 bridgehead atoms. The van der Waals surface area contributed by atoms with Gasteiger partial charge in [0, 0.05) is 38.6 Å². The van der Waals surface area contributed by atoms with Crippen LogP contribution < -0.4 is 10.1 Å². The first-order chi connectivity index (χ1) is 9.38. The molecule has 0 unspecified atom stereocenters. The molecule has 2 aliphatic heterocycles. The maximum absolute atomic E-state index is 5.59. The smallest absolute Gasteiger partial charge is 0.122 e. The fourth-order valence-electron chi connectivity index (χ4n) is 3.06. The van der Waals surface area contributed by atoms with Crippen molar-refractivity contribution < 1.29 is 4.74 Å². The van der Waals surface area contributed by atoms with E-state index in [1.54, 1.807) is 0 Å². The Morgan fingerprint density at radius 2 is 2.05 bits per heavy atom. The zero-order valence-corrected chi connectivity index (χ0v) is 13.8. The van der Waals surface area contributed by atoms with Crippen molar-refractivity contribution in [2.45, 2.75) is 18.9 Å². The van der Waals surface area contributed by atoms with Crippen LogP contribution in [0.4, 0.5) is 0 Å². The highest BCUT2D eigenvalue weighted by molar-refractivity contribution is 5.85.